The first kappa shape index (κ1) is 14.1. The number of nitrogens with zero attached hydrogens (tertiary/aromatic N) is 2. The van der Waals surface area contributed by atoms with E-state index in [2.05, 4.69) is 39.3 Å². The quantitative estimate of drug-likeness (QED) is 0.749. The number of nitrogens with one attached hydrogen (secondary N) is 1. The van der Waals surface area contributed by atoms with Gasteiger partial charge < -0.3 is 5.32 Å². The predicted molar refractivity (Wildman–Crippen MR) is 86.8 cm³/mol. The van der Waals surface area contributed by atoms with Gasteiger partial charge in [-0.1, -0.05) is 34.1 Å². The summed E-state index contributed by atoms with van der Waals surface area (Å²) < 4.78 is 16.5. The zero-order chi connectivity index (χ0) is 14.8. The van der Waals surface area contributed by atoms with Crippen LogP contribution in [0, 0.1) is 5.82 Å². The van der Waals surface area contributed by atoms with Crippen LogP contribution in [0.1, 0.15) is 12.6 Å². The molecule has 3 rings (SSSR count). The molecule has 5 heteroatoms. The van der Waals surface area contributed by atoms with Crippen LogP contribution in [-0.2, 0) is 13.1 Å². The van der Waals surface area contributed by atoms with Crippen LogP contribution in [0.5, 0.6) is 0 Å². The first-order valence-corrected chi connectivity index (χ1v) is 7.61. The summed E-state index contributed by atoms with van der Waals surface area (Å²) in [5, 5.41) is 8.81. The Hall–Kier alpha value is -1.88. The lowest BCUT2D eigenvalue weighted by atomic mass is 10.2. The number of hydrogen-bond donors (Lipinski definition) is 1. The van der Waals surface area contributed by atoms with Crippen molar-refractivity contribution in [1.82, 2.24) is 9.78 Å². The number of fused-ring (bicyclic) bond motifs is 1. The Morgan fingerprint density at radius 1 is 1.24 bits per heavy atom. The Labute approximate surface area is 130 Å². The van der Waals surface area contributed by atoms with Gasteiger partial charge in [0.15, 0.2) is 0 Å². The van der Waals surface area contributed by atoms with Crippen LogP contribution in [-0.4, -0.2) is 9.78 Å². The standard InChI is InChI=1S/C16H15BrFN3/c1-2-21-16-6-4-3-5-12(16)15(20-21)10-19-14-8-7-11(17)9-13(14)18/h3-9,19H,2,10H2,1H3. The molecule has 3 aromatic rings. The molecular weight excluding hydrogens is 333 g/mol. The summed E-state index contributed by atoms with van der Waals surface area (Å²) in [6.45, 7) is 3.37. The Morgan fingerprint density at radius 2 is 2.05 bits per heavy atom. The molecule has 1 heterocycles. The monoisotopic (exact) mass is 347 g/mol. The Kier molecular flexibility index (Phi) is 3.92. The van der Waals surface area contributed by atoms with Crippen molar-refractivity contribution in [2.45, 2.75) is 20.0 Å². The summed E-state index contributed by atoms with van der Waals surface area (Å²) >= 11 is 3.25. The maximum absolute atomic E-state index is 13.8. The summed E-state index contributed by atoms with van der Waals surface area (Å²) in [5.41, 5.74) is 2.51. The van der Waals surface area contributed by atoms with Gasteiger partial charge in [0.1, 0.15) is 5.82 Å². The van der Waals surface area contributed by atoms with E-state index in [-0.39, 0.29) is 5.82 Å². The van der Waals surface area contributed by atoms with Gasteiger partial charge in [0.25, 0.3) is 0 Å². The molecule has 0 spiro atoms. The lowest BCUT2D eigenvalue weighted by Crippen LogP contribution is -2.03. The van der Waals surface area contributed by atoms with Gasteiger partial charge in [-0.25, -0.2) is 4.39 Å². The van der Waals surface area contributed by atoms with Crippen molar-refractivity contribution in [3.8, 4) is 0 Å². The molecule has 21 heavy (non-hydrogen) atoms. The molecule has 0 saturated carbocycles. The highest BCUT2D eigenvalue weighted by Gasteiger charge is 2.10. The second-order valence-electron chi connectivity index (χ2n) is 4.76. The van der Waals surface area contributed by atoms with Crippen molar-refractivity contribution in [3.05, 3.63) is 58.4 Å². The number of aromatic nitrogens is 2. The molecule has 0 bridgehead atoms. The number of aryl methyl sites for hydroxylation is 1. The van der Waals surface area contributed by atoms with Gasteiger partial charge in [0.2, 0.25) is 0 Å². The minimum atomic E-state index is -0.274. The number of hydrogen-bond acceptors (Lipinski definition) is 2. The van der Waals surface area contributed by atoms with Crippen LogP contribution >= 0.6 is 15.9 Å². The summed E-state index contributed by atoms with van der Waals surface area (Å²) in [6, 6.07) is 13.1. The second-order valence-corrected chi connectivity index (χ2v) is 5.67. The average molecular weight is 348 g/mol. The van der Waals surface area contributed by atoms with Crippen molar-refractivity contribution in [2.75, 3.05) is 5.32 Å². The van der Waals surface area contributed by atoms with E-state index in [0.29, 0.717) is 12.2 Å². The molecule has 0 amide bonds. The summed E-state index contributed by atoms with van der Waals surface area (Å²) in [5.74, 6) is -0.274. The molecule has 0 aliphatic heterocycles. The normalized spacial score (nSPS) is 11.0. The molecule has 108 valence electrons. The number of para-hydroxylation sites is 1. The predicted octanol–water partition coefficient (Wildman–Crippen LogP) is 4.57. The van der Waals surface area contributed by atoms with Crippen LogP contribution in [0.15, 0.2) is 46.9 Å². The maximum Gasteiger partial charge on any atom is 0.147 e. The molecule has 0 unspecified atom stereocenters. The van der Waals surface area contributed by atoms with Crippen molar-refractivity contribution < 1.29 is 4.39 Å². The fourth-order valence-corrected chi connectivity index (χ4v) is 2.71. The van der Waals surface area contributed by atoms with Crippen LogP contribution < -0.4 is 5.32 Å². The first-order chi connectivity index (χ1) is 10.2. The Bertz CT molecular complexity index is 782. The molecule has 0 atom stereocenters. The molecular formula is C16H15BrFN3. The van der Waals surface area contributed by atoms with Gasteiger partial charge >= 0.3 is 0 Å². The highest BCUT2D eigenvalue weighted by molar-refractivity contribution is 9.10. The minimum absolute atomic E-state index is 0.274. The third kappa shape index (κ3) is 2.78. The van der Waals surface area contributed by atoms with Crippen molar-refractivity contribution in [1.29, 1.82) is 0 Å². The molecule has 0 saturated heterocycles. The SMILES string of the molecule is CCn1nc(CNc2ccc(Br)cc2F)c2ccccc21. The Balaban J connectivity index is 1.88. The number of halogens is 2. The number of anilines is 1. The van der Waals surface area contributed by atoms with Crippen LogP contribution in [0.3, 0.4) is 0 Å². The maximum atomic E-state index is 13.8. The van der Waals surface area contributed by atoms with E-state index in [1.54, 1.807) is 6.07 Å². The minimum Gasteiger partial charge on any atom is -0.377 e. The smallest absolute Gasteiger partial charge is 0.147 e. The van der Waals surface area contributed by atoms with E-state index in [0.717, 1.165) is 27.6 Å². The lowest BCUT2D eigenvalue weighted by Gasteiger charge is -2.06. The number of rotatable bonds is 4. The van der Waals surface area contributed by atoms with E-state index in [1.165, 1.54) is 6.07 Å². The highest BCUT2D eigenvalue weighted by Crippen LogP contribution is 2.22. The third-order valence-electron chi connectivity index (χ3n) is 3.41. The molecule has 1 N–H and O–H groups in total. The molecule has 0 aliphatic rings. The highest BCUT2D eigenvalue weighted by atomic mass is 79.9. The largest absolute Gasteiger partial charge is 0.377 e. The van der Waals surface area contributed by atoms with Crippen molar-refractivity contribution in [2.24, 2.45) is 0 Å². The van der Waals surface area contributed by atoms with E-state index >= 15 is 0 Å². The van der Waals surface area contributed by atoms with Crippen molar-refractivity contribution in [3.63, 3.8) is 0 Å². The van der Waals surface area contributed by atoms with Crippen molar-refractivity contribution >= 4 is 32.5 Å². The second kappa shape index (κ2) is 5.85. The van der Waals surface area contributed by atoms with Crippen LogP contribution in [0.4, 0.5) is 10.1 Å². The van der Waals surface area contributed by atoms with E-state index in [4.69, 9.17) is 0 Å². The van der Waals surface area contributed by atoms with E-state index in [9.17, 15) is 4.39 Å². The number of benzene rings is 2. The van der Waals surface area contributed by atoms with Crippen LogP contribution in [0.2, 0.25) is 0 Å². The summed E-state index contributed by atoms with van der Waals surface area (Å²) in [7, 11) is 0. The fraction of sp³-hybridized carbons (Fsp3) is 0.188. The Morgan fingerprint density at radius 3 is 2.81 bits per heavy atom. The molecule has 0 radical (unpaired) electrons. The average Bonchev–Trinajstić information content (AvgIpc) is 2.85. The summed E-state index contributed by atoms with van der Waals surface area (Å²) in [6.07, 6.45) is 0. The molecule has 3 nitrogen and oxygen atoms in total. The van der Waals surface area contributed by atoms with Gasteiger partial charge in [-0.3, -0.25) is 4.68 Å². The van der Waals surface area contributed by atoms with Gasteiger partial charge in [-0.2, -0.15) is 5.10 Å². The molecule has 0 aliphatic carbocycles. The van der Waals surface area contributed by atoms with E-state index in [1.807, 2.05) is 28.9 Å². The van der Waals surface area contributed by atoms with Gasteiger partial charge in [-0.05, 0) is 31.2 Å². The zero-order valence-corrected chi connectivity index (χ0v) is 13.2. The van der Waals surface area contributed by atoms with E-state index < -0.39 is 0 Å². The van der Waals surface area contributed by atoms with Gasteiger partial charge in [0, 0.05) is 16.4 Å². The van der Waals surface area contributed by atoms with Gasteiger partial charge in [-0.15, -0.1) is 0 Å². The zero-order valence-electron chi connectivity index (χ0n) is 11.6. The molecule has 0 fully saturated rings. The third-order valence-corrected chi connectivity index (χ3v) is 3.90. The molecule has 2 aromatic carbocycles. The lowest BCUT2D eigenvalue weighted by molar-refractivity contribution is 0.628. The van der Waals surface area contributed by atoms with Crippen LogP contribution in [0.25, 0.3) is 10.9 Å². The fourth-order valence-electron chi connectivity index (χ4n) is 2.38. The molecule has 1 aromatic heterocycles. The topological polar surface area (TPSA) is 29.9 Å². The summed E-state index contributed by atoms with van der Waals surface area (Å²) in [4.78, 5) is 0. The van der Waals surface area contributed by atoms with Gasteiger partial charge in [0.05, 0.1) is 23.4 Å². The first-order valence-electron chi connectivity index (χ1n) is 6.82.